The van der Waals surface area contributed by atoms with Crippen LogP contribution < -0.4 is 20.7 Å². The molecule has 0 saturated heterocycles. The second-order valence-electron chi connectivity index (χ2n) is 10.7. The zero-order valence-corrected chi connectivity index (χ0v) is 28.0. The fourth-order valence-electron chi connectivity index (χ4n) is 4.76. The normalized spacial score (nSPS) is 11.7. The zero-order valence-electron chi connectivity index (χ0n) is 26.4. The molecule has 0 bridgehead atoms. The minimum atomic E-state index is -0.557. The summed E-state index contributed by atoms with van der Waals surface area (Å²) in [6.07, 6.45) is 1.59. The first-order valence-electron chi connectivity index (χ1n) is 15.3. The lowest BCUT2D eigenvalue weighted by atomic mass is 10.1. The summed E-state index contributed by atoms with van der Waals surface area (Å²) in [4.78, 5) is 41.1. The van der Waals surface area contributed by atoms with Gasteiger partial charge in [0.2, 0.25) is 5.91 Å². The maximum atomic E-state index is 13.6. The average Bonchev–Trinajstić information content (AvgIpc) is 3.10. The first-order chi connectivity index (χ1) is 23.3. The van der Waals surface area contributed by atoms with E-state index in [1.165, 1.54) is 11.8 Å². The van der Waals surface area contributed by atoms with Gasteiger partial charge in [-0.3, -0.25) is 14.4 Å². The van der Waals surface area contributed by atoms with Gasteiger partial charge in [0, 0.05) is 32.4 Å². The number of amides is 3. The van der Waals surface area contributed by atoms with E-state index in [0.717, 1.165) is 16.0 Å². The van der Waals surface area contributed by atoms with Gasteiger partial charge in [-0.05, 0) is 85.6 Å². The van der Waals surface area contributed by atoms with Gasteiger partial charge in [0.1, 0.15) is 16.7 Å². The summed E-state index contributed by atoms with van der Waals surface area (Å²) in [7, 11) is 0. The summed E-state index contributed by atoms with van der Waals surface area (Å²) in [6, 6.07) is 38.1. The maximum absolute atomic E-state index is 13.6. The van der Waals surface area contributed by atoms with E-state index >= 15 is 0 Å². The number of halogens is 1. The number of hydrogen-bond donors (Lipinski definition) is 3. The van der Waals surface area contributed by atoms with E-state index in [4.69, 9.17) is 16.3 Å². The van der Waals surface area contributed by atoms with Crippen molar-refractivity contribution in [2.24, 2.45) is 0 Å². The molecule has 0 heterocycles. The second kappa shape index (κ2) is 16.5. The Hall–Kier alpha value is -5.31. The molecule has 0 aliphatic carbocycles. The van der Waals surface area contributed by atoms with Gasteiger partial charge in [-0.2, -0.15) is 0 Å². The van der Waals surface area contributed by atoms with Gasteiger partial charge in [0.25, 0.3) is 11.8 Å². The highest BCUT2D eigenvalue weighted by atomic mass is 35.5. The Morgan fingerprint density at radius 3 is 2.19 bits per heavy atom. The molecule has 1 atom stereocenters. The third-order valence-corrected chi connectivity index (χ3v) is 8.71. The van der Waals surface area contributed by atoms with Crippen LogP contribution in [0.1, 0.15) is 39.2 Å². The molecule has 5 aromatic rings. The molecule has 48 heavy (non-hydrogen) atoms. The smallest absolute Gasteiger partial charge is 0.272 e. The van der Waals surface area contributed by atoms with E-state index in [-0.39, 0.29) is 11.6 Å². The van der Waals surface area contributed by atoms with Crippen molar-refractivity contribution in [2.45, 2.75) is 24.0 Å². The Morgan fingerprint density at radius 1 is 0.812 bits per heavy atom. The lowest BCUT2D eigenvalue weighted by molar-refractivity contribution is -0.116. The number of para-hydroxylation sites is 1. The molecule has 0 fully saturated rings. The van der Waals surface area contributed by atoms with Crippen molar-refractivity contribution >= 4 is 58.5 Å². The Morgan fingerprint density at radius 2 is 1.48 bits per heavy atom. The number of rotatable bonds is 12. The number of benzene rings is 5. The van der Waals surface area contributed by atoms with Gasteiger partial charge >= 0.3 is 0 Å². The molecule has 5 rings (SSSR count). The van der Waals surface area contributed by atoms with Crippen LogP contribution in [0.15, 0.2) is 138 Å². The second-order valence-corrected chi connectivity index (χ2v) is 12.3. The number of thioether (sulfide) groups is 1. The van der Waals surface area contributed by atoms with Crippen molar-refractivity contribution in [3.05, 3.63) is 160 Å². The zero-order chi connectivity index (χ0) is 33.9. The lowest BCUT2D eigenvalue weighted by Crippen LogP contribution is -2.30. The van der Waals surface area contributed by atoms with Crippen molar-refractivity contribution in [2.75, 3.05) is 17.2 Å². The molecular weight excluding hydrogens is 642 g/mol. The number of ether oxygens (including phenoxy) is 1. The Labute approximate surface area is 289 Å². The molecule has 0 saturated carbocycles. The van der Waals surface area contributed by atoms with Crippen LogP contribution >= 0.6 is 23.4 Å². The Balaban J connectivity index is 1.35. The van der Waals surface area contributed by atoms with Crippen LogP contribution in [0.3, 0.4) is 0 Å². The predicted octanol–water partition coefficient (Wildman–Crippen LogP) is 8.93. The lowest BCUT2D eigenvalue weighted by Gasteiger charge is -2.18. The average molecular weight is 676 g/mol. The molecule has 0 aliphatic rings. The predicted molar refractivity (Wildman–Crippen MR) is 194 cm³/mol. The van der Waals surface area contributed by atoms with Crippen molar-refractivity contribution < 1.29 is 19.1 Å². The topological polar surface area (TPSA) is 96.5 Å². The molecule has 5 aromatic carbocycles. The van der Waals surface area contributed by atoms with Crippen LogP contribution in [0.5, 0.6) is 5.75 Å². The van der Waals surface area contributed by atoms with E-state index in [1.54, 1.807) is 60.7 Å². The summed E-state index contributed by atoms with van der Waals surface area (Å²) in [5, 5.41) is 8.66. The molecule has 0 radical (unpaired) electrons. The van der Waals surface area contributed by atoms with E-state index in [2.05, 4.69) is 16.0 Å². The van der Waals surface area contributed by atoms with Crippen LogP contribution in [0.2, 0.25) is 5.02 Å². The van der Waals surface area contributed by atoms with Gasteiger partial charge in [0.15, 0.2) is 0 Å². The summed E-state index contributed by atoms with van der Waals surface area (Å²) in [5.41, 5.74) is 4.01. The van der Waals surface area contributed by atoms with Gasteiger partial charge in [-0.1, -0.05) is 84.4 Å². The number of hydrogen-bond acceptors (Lipinski definition) is 5. The van der Waals surface area contributed by atoms with Crippen LogP contribution in [-0.2, 0) is 9.59 Å². The largest absolute Gasteiger partial charge is 0.493 e. The molecule has 3 N–H and O–H groups in total. The van der Waals surface area contributed by atoms with Crippen molar-refractivity contribution in [1.82, 2.24) is 5.32 Å². The number of anilines is 2. The van der Waals surface area contributed by atoms with Crippen LogP contribution in [0, 0.1) is 6.92 Å². The molecule has 0 aliphatic heterocycles. The molecule has 9 heteroatoms. The highest BCUT2D eigenvalue weighted by Gasteiger charge is 2.23. The monoisotopic (exact) mass is 675 g/mol. The Kier molecular flexibility index (Phi) is 11.7. The number of carbonyl (C=O) groups excluding carboxylic acids is 3. The van der Waals surface area contributed by atoms with Crippen LogP contribution in [0.25, 0.3) is 6.08 Å². The molecule has 242 valence electrons. The minimum absolute atomic E-state index is 0.0478. The summed E-state index contributed by atoms with van der Waals surface area (Å²) in [5.74, 6) is -0.534. The molecule has 3 amide bonds. The van der Waals surface area contributed by atoms with Crippen LogP contribution in [-0.4, -0.2) is 24.3 Å². The van der Waals surface area contributed by atoms with Gasteiger partial charge in [-0.15, -0.1) is 11.8 Å². The summed E-state index contributed by atoms with van der Waals surface area (Å²) < 4.78 is 5.74. The highest BCUT2D eigenvalue weighted by Crippen LogP contribution is 2.37. The number of carbonyl (C=O) groups is 3. The van der Waals surface area contributed by atoms with Crippen molar-refractivity contribution in [1.29, 1.82) is 0 Å². The first kappa shape index (κ1) is 34.0. The minimum Gasteiger partial charge on any atom is -0.493 e. The maximum Gasteiger partial charge on any atom is 0.272 e. The SMILES string of the molecule is CCOc1ccccc1/C=C(\NC(=O)c1ccccc1)C(=O)Nc1ccc(SC(C(=O)Nc2cc(Cl)ccc2C)c2ccccc2)cc1. The molecule has 1 unspecified atom stereocenters. The summed E-state index contributed by atoms with van der Waals surface area (Å²) >= 11 is 7.58. The van der Waals surface area contributed by atoms with Crippen molar-refractivity contribution in [3.8, 4) is 5.75 Å². The van der Waals surface area contributed by atoms with E-state index in [1.807, 2.05) is 86.6 Å². The van der Waals surface area contributed by atoms with Crippen molar-refractivity contribution in [3.63, 3.8) is 0 Å². The molecule has 0 aromatic heterocycles. The Bertz CT molecular complexity index is 1920. The van der Waals surface area contributed by atoms with Gasteiger partial charge in [0.05, 0.1) is 6.61 Å². The fourth-order valence-corrected chi connectivity index (χ4v) is 5.96. The standard InChI is InChI=1S/C39H34ClN3O4S/c1-3-47-35-17-11-10-16-29(35)24-34(43-37(44)28-14-8-5-9-15-28)38(45)41-31-20-22-32(23-21-31)48-36(27-12-6-4-7-13-27)39(46)42-33-25-30(40)19-18-26(33)2/h4-25,36H,3H2,1-2H3,(H,41,45)(H,42,46)(H,43,44)/b34-24-. The molecule has 7 nitrogen and oxygen atoms in total. The third-order valence-electron chi connectivity index (χ3n) is 7.21. The quantitative estimate of drug-likeness (QED) is 0.0907. The van der Waals surface area contributed by atoms with E-state index in [9.17, 15) is 14.4 Å². The highest BCUT2D eigenvalue weighted by molar-refractivity contribution is 8.00. The van der Waals surface area contributed by atoms with E-state index in [0.29, 0.717) is 39.9 Å². The first-order valence-corrected chi connectivity index (χ1v) is 16.6. The van der Waals surface area contributed by atoms with Crippen LogP contribution in [0.4, 0.5) is 11.4 Å². The molecular formula is C39H34ClN3O4S. The molecule has 0 spiro atoms. The third kappa shape index (κ3) is 9.15. The van der Waals surface area contributed by atoms with Gasteiger partial charge in [-0.25, -0.2) is 0 Å². The number of aryl methyl sites for hydroxylation is 1. The number of nitrogens with one attached hydrogen (secondary N) is 3. The fraction of sp³-hybridized carbons (Fsp3) is 0.103. The van der Waals surface area contributed by atoms with Gasteiger partial charge < -0.3 is 20.7 Å². The van der Waals surface area contributed by atoms with E-state index < -0.39 is 17.1 Å². The summed E-state index contributed by atoms with van der Waals surface area (Å²) in [6.45, 7) is 4.23.